The van der Waals surface area contributed by atoms with Gasteiger partial charge in [0.25, 0.3) is 0 Å². The molecular formula is C14H24N2O2. The molecule has 0 N–H and O–H groups in total. The number of carbonyl (C=O) groups excluding carboxylic acids is 1. The summed E-state index contributed by atoms with van der Waals surface area (Å²) >= 11 is 0. The van der Waals surface area contributed by atoms with Crippen molar-refractivity contribution in [3.8, 4) is 6.07 Å². The smallest absolute Gasteiger partial charge is 0.309 e. The van der Waals surface area contributed by atoms with E-state index < -0.39 is 0 Å². The molecule has 1 fully saturated rings. The number of nitriles is 1. The quantitative estimate of drug-likeness (QED) is 0.704. The highest BCUT2D eigenvalue weighted by molar-refractivity contribution is 5.72. The molecule has 4 heteroatoms. The second kappa shape index (κ2) is 6.75. The number of piperidine rings is 1. The molecule has 0 aromatic heterocycles. The molecule has 1 rings (SSSR count). The van der Waals surface area contributed by atoms with E-state index in [1.807, 2.05) is 13.8 Å². The molecule has 1 saturated heterocycles. The predicted molar refractivity (Wildman–Crippen MR) is 69.8 cm³/mol. The van der Waals surface area contributed by atoms with E-state index in [1.165, 1.54) is 7.11 Å². The van der Waals surface area contributed by atoms with Crippen LogP contribution in [0.3, 0.4) is 0 Å². The molecule has 18 heavy (non-hydrogen) atoms. The van der Waals surface area contributed by atoms with Crippen molar-refractivity contribution in [2.45, 2.75) is 39.5 Å². The fourth-order valence-corrected chi connectivity index (χ4v) is 2.42. The van der Waals surface area contributed by atoms with Crippen LogP contribution in [0, 0.1) is 22.7 Å². The second-order valence-corrected chi connectivity index (χ2v) is 5.76. The minimum absolute atomic E-state index is 0.0349. The van der Waals surface area contributed by atoms with Gasteiger partial charge in [-0.15, -0.1) is 0 Å². The van der Waals surface area contributed by atoms with Crippen LogP contribution < -0.4 is 0 Å². The molecule has 102 valence electrons. The molecule has 0 amide bonds. The number of likely N-dealkylation sites (tertiary alicyclic amines) is 1. The van der Waals surface area contributed by atoms with Crippen molar-refractivity contribution in [1.82, 2.24) is 4.90 Å². The standard InChI is InChI=1S/C14H24N2O2/c1-14(2,11-15)7-5-9-16-8-4-6-12(10-16)13(17)18-3/h12H,4-10H2,1-3H3. The van der Waals surface area contributed by atoms with Crippen LogP contribution in [0.4, 0.5) is 0 Å². The molecule has 0 saturated carbocycles. The highest BCUT2D eigenvalue weighted by Gasteiger charge is 2.26. The molecule has 1 unspecified atom stereocenters. The lowest BCUT2D eigenvalue weighted by Crippen LogP contribution is -2.39. The molecule has 4 nitrogen and oxygen atoms in total. The third kappa shape index (κ3) is 4.66. The molecule has 1 heterocycles. The molecule has 0 bridgehead atoms. The summed E-state index contributed by atoms with van der Waals surface area (Å²) in [6.45, 7) is 6.78. The number of nitrogens with zero attached hydrogens (tertiary/aromatic N) is 2. The average Bonchev–Trinajstić information content (AvgIpc) is 2.38. The van der Waals surface area contributed by atoms with Gasteiger partial charge in [0.15, 0.2) is 0 Å². The fraction of sp³-hybridized carbons (Fsp3) is 0.857. The van der Waals surface area contributed by atoms with E-state index in [1.54, 1.807) is 0 Å². The summed E-state index contributed by atoms with van der Waals surface area (Å²) < 4.78 is 4.81. The van der Waals surface area contributed by atoms with Gasteiger partial charge in [0.05, 0.1) is 24.5 Å². The van der Waals surface area contributed by atoms with Crippen molar-refractivity contribution < 1.29 is 9.53 Å². The first-order chi connectivity index (χ1) is 8.48. The summed E-state index contributed by atoms with van der Waals surface area (Å²) in [7, 11) is 1.46. The highest BCUT2D eigenvalue weighted by Crippen LogP contribution is 2.22. The van der Waals surface area contributed by atoms with Gasteiger partial charge in [-0.05, 0) is 52.6 Å². The number of hydrogen-bond acceptors (Lipinski definition) is 4. The van der Waals surface area contributed by atoms with Gasteiger partial charge in [-0.1, -0.05) is 0 Å². The van der Waals surface area contributed by atoms with Crippen molar-refractivity contribution in [3.05, 3.63) is 0 Å². The Morgan fingerprint density at radius 3 is 2.89 bits per heavy atom. The van der Waals surface area contributed by atoms with Crippen LogP contribution >= 0.6 is 0 Å². The molecule has 0 spiro atoms. The fourth-order valence-electron chi connectivity index (χ4n) is 2.42. The van der Waals surface area contributed by atoms with E-state index in [2.05, 4.69) is 11.0 Å². The van der Waals surface area contributed by atoms with E-state index in [4.69, 9.17) is 10.00 Å². The Bertz CT molecular complexity index is 320. The molecule has 0 aliphatic carbocycles. The third-order valence-corrected chi connectivity index (χ3v) is 3.62. The van der Waals surface area contributed by atoms with Gasteiger partial charge in [0, 0.05) is 6.54 Å². The van der Waals surface area contributed by atoms with Gasteiger partial charge in [0.2, 0.25) is 0 Å². The Labute approximate surface area is 110 Å². The van der Waals surface area contributed by atoms with Crippen molar-refractivity contribution in [1.29, 1.82) is 5.26 Å². The Morgan fingerprint density at radius 1 is 1.56 bits per heavy atom. The van der Waals surface area contributed by atoms with Crippen LogP contribution in [0.15, 0.2) is 0 Å². The Balaban J connectivity index is 2.31. The van der Waals surface area contributed by atoms with Crippen molar-refractivity contribution in [2.75, 3.05) is 26.7 Å². The maximum atomic E-state index is 11.5. The third-order valence-electron chi connectivity index (χ3n) is 3.62. The van der Waals surface area contributed by atoms with Gasteiger partial charge >= 0.3 is 5.97 Å². The summed E-state index contributed by atoms with van der Waals surface area (Å²) in [4.78, 5) is 13.8. The van der Waals surface area contributed by atoms with E-state index in [0.29, 0.717) is 0 Å². The zero-order valence-electron chi connectivity index (χ0n) is 11.7. The molecule has 0 radical (unpaired) electrons. The summed E-state index contributed by atoms with van der Waals surface area (Å²) in [5.41, 5.74) is -0.239. The Morgan fingerprint density at radius 2 is 2.28 bits per heavy atom. The Hall–Kier alpha value is -1.08. The minimum atomic E-state index is -0.239. The van der Waals surface area contributed by atoms with Crippen molar-refractivity contribution in [3.63, 3.8) is 0 Å². The van der Waals surface area contributed by atoms with E-state index in [-0.39, 0.29) is 17.3 Å². The number of carbonyl (C=O) groups is 1. The molecule has 0 aromatic rings. The van der Waals surface area contributed by atoms with Crippen LogP contribution in [-0.4, -0.2) is 37.6 Å². The van der Waals surface area contributed by atoms with Gasteiger partial charge in [0.1, 0.15) is 0 Å². The zero-order valence-corrected chi connectivity index (χ0v) is 11.7. The zero-order chi connectivity index (χ0) is 13.6. The van der Waals surface area contributed by atoms with Gasteiger partial charge < -0.3 is 9.64 Å². The summed E-state index contributed by atoms with van der Waals surface area (Å²) in [5.74, 6) is -0.0511. The van der Waals surface area contributed by atoms with E-state index >= 15 is 0 Å². The lowest BCUT2D eigenvalue weighted by atomic mass is 9.89. The average molecular weight is 252 g/mol. The van der Waals surface area contributed by atoms with Crippen LogP contribution in [0.1, 0.15) is 39.5 Å². The molecule has 1 aliphatic heterocycles. The van der Waals surface area contributed by atoms with Gasteiger partial charge in [-0.25, -0.2) is 0 Å². The first-order valence-electron chi connectivity index (χ1n) is 6.70. The monoisotopic (exact) mass is 252 g/mol. The second-order valence-electron chi connectivity index (χ2n) is 5.76. The van der Waals surface area contributed by atoms with Gasteiger partial charge in [-0.2, -0.15) is 5.26 Å². The van der Waals surface area contributed by atoms with Crippen LogP contribution in [0.5, 0.6) is 0 Å². The van der Waals surface area contributed by atoms with E-state index in [0.717, 1.165) is 45.3 Å². The molecule has 0 aromatic carbocycles. The van der Waals surface area contributed by atoms with Gasteiger partial charge in [-0.3, -0.25) is 4.79 Å². The van der Waals surface area contributed by atoms with Crippen LogP contribution in [-0.2, 0) is 9.53 Å². The number of methoxy groups -OCH3 is 1. The first kappa shape index (κ1) is 15.0. The number of esters is 1. The highest BCUT2D eigenvalue weighted by atomic mass is 16.5. The normalized spacial score (nSPS) is 21.3. The van der Waals surface area contributed by atoms with Crippen molar-refractivity contribution >= 4 is 5.97 Å². The van der Waals surface area contributed by atoms with Crippen LogP contribution in [0.2, 0.25) is 0 Å². The number of ether oxygens (including phenoxy) is 1. The first-order valence-corrected chi connectivity index (χ1v) is 6.70. The number of hydrogen-bond donors (Lipinski definition) is 0. The molecular weight excluding hydrogens is 228 g/mol. The van der Waals surface area contributed by atoms with Crippen LogP contribution in [0.25, 0.3) is 0 Å². The largest absolute Gasteiger partial charge is 0.469 e. The molecule has 1 aliphatic rings. The lowest BCUT2D eigenvalue weighted by Gasteiger charge is -2.31. The molecule has 1 atom stereocenters. The summed E-state index contributed by atoms with van der Waals surface area (Å²) in [6, 6.07) is 2.32. The minimum Gasteiger partial charge on any atom is -0.469 e. The summed E-state index contributed by atoms with van der Waals surface area (Å²) in [6.07, 6.45) is 3.91. The van der Waals surface area contributed by atoms with E-state index in [9.17, 15) is 4.79 Å². The maximum absolute atomic E-state index is 11.5. The Kier molecular flexibility index (Phi) is 5.61. The SMILES string of the molecule is COC(=O)C1CCCN(CCCC(C)(C)C#N)C1. The summed E-state index contributed by atoms with van der Waals surface area (Å²) in [5, 5.41) is 8.95. The van der Waals surface area contributed by atoms with Crippen molar-refractivity contribution in [2.24, 2.45) is 11.3 Å². The topological polar surface area (TPSA) is 53.3 Å². The maximum Gasteiger partial charge on any atom is 0.309 e. The lowest BCUT2D eigenvalue weighted by molar-refractivity contribution is -0.147. The number of rotatable bonds is 5. The predicted octanol–water partition coefficient (Wildman–Crippen LogP) is 2.20.